The summed E-state index contributed by atoms with van der Waals surface area (Å²) >= 11 is 5.92. The highest BCUT2D eigenvalue weighted by Gasteiger charge is 2.29. The fourth-order valence-electron chi connectivity index (χ4n) is 1.85. The second-order valence-corrected chi connectivity index (χ2v) is 4.47. The zero-order chi connectivity index (χ0) is 11.5. The van der Waals surface area contributed by atoms with Crippen molar-refractivity contribution < 1.29 is 4.79 Å². The molecule has 0 unspecified atom stereocenters. The lowest BCUT2D eigenvalue weighted by atomic mass is 9.97. The number of hydrogen-bond acceptors (Lipinski definition) is 3. The third-order valence-electron chi connectivity index (χ3n) is 2.85. The number of carbonyl (C=O) groups is 1. The molecule has 2 heterocycles. The van der Waals surface area contributed by atoms with Crippen LogP contribution in [0.2, 0.25) is 5.02 Å². The van der Waals surface area contributed by atoms with Gasteiger partial charge in [-0.1, -0.05) is 18.5 Å². The minimum absolute atomic E-state index is 0.00178. The maximum Gasteiger partial charge on any atom is 0.230 e. The highest BCUT2D eigenvalue weighted by Crippen LogP contribution is 2.21. The predicted molar refractivity (Wildman–Crippen MR) is 63.4 cm³/mol. The molecule has 1 aromatic rings. The second kappa shape index (κ2) is 4.80. The smallest absolute Gasteiger partial charge is 0.230 e. The number of aromatic nitrogens is 1. The van der Waals surface area contributed by atoms with Gasteiger partial charge in [0.05, 0.1) is 10.9 Å². The summed E-state index contributed by atoms with van der Waals surface area (Å²) in [7, 11) is 0. The van der Waals surface area contributed by atoms with Crippen LogP contribution in [0, 0.1) is 11.8 Å². The Morgan fingerprint density at radius 1 is 1.62 bits per heavy atom. The van der Waals surface area contributed by atoms with E-state index in [1.807, 2.05) is 0 Å². The summed E-state index contributed by atoms with van der Waals surface area (Å²) in [5.74, 6) is 0.770. The molecule has 1 aliphatic heterocycles. The number of amides is 1. The Bertz CT molecular complexity index is 397. The standard InChI is InChI=1S/C11H14ClN3O/c1-7-5-13-6-8(7)11(16)15-10-9(12)3-2-4-14-10/h2-4,7-8,13H,5-6H2,1H3,(H,14,15,16)/t7-,8-/m1/s1. The van der Waals surface area contributed by atoms with Gasteiger partial charge in [-0.15, -0.1) is 0 Å². The van der Waals surface area contributed by atoms with Gasteiger partial charge in [-0.05, 0) is 24.6 Å². The molecular weight excluding hydrogens is 226 g/mol. The molecule has 2 N–H and O–H groups in total. The van der Waals surface area contributed by atoms with Gasteiger partial charge in [0, 0.05) is 12.7 Å². The van der Waals surface area contributed by atoms with Gasteiger partial charge in [0.2, 0.25) is 5.91 Å². The molecule has 4 nitrogen and oxygen atoms in total. The zero-order valence-electron chi connectivity index (χ0n) is 9.03. The molecule has 2 atom stereocenters. The van der Waals surface area contributed by atoms with E-state index in [2.05, 4.69) is 22.5 Å². The van der Waals surface area contributed by atoms with Gasteiger partial charge < -0.3 is 10.6 Å². The first-order chi connectivity index (χ1) is 7.68. The van der Waals surface area contributed by atoms with Crippen molar-refractivity contribution in [3.05, 3.63) is 23.4 Å². The first-order valence-electron chi connectivity index (χ1n) is 5.30. The quantitative estimate of drug-likeness (QED) is 0.823. The number of hydrogen-bond donors (Lipinski definition) is 2. The highest BCUT2D eigenvalue weighted by molar-refractivity contribution is 6.33. The highest BCUT2D eigenvalue weighted by atomic mass is 35.5. The molecular formula is C11H14ClN3O. The van der Waals surface area contributed by atoms with Gasteiger partial charge in [-0.2, -0.15) is 0 Å². The summed E-state index contributed by atoms with van der Waals surface area (Å²) in [5.41, 5.74) is 0. The Kier molecular flexibility index (Phi) is 3.41. The molecule has 0 aromatic carbocycles. The van der Waals surface area contributed by atoms with Crippen LogP contribution in [0.15, 0.2) is 18.3 Å². The SMILES string of the molecule is C[C@@H]1CNC[C@H]1C(=O)Nc1ncccc1Cl. The Hall–Kier alpha value is -1.13. The van der Waals surface area contributed by atoms with Gasteiger partial charge >= 0.3 is 0 Å². The van der Waals surface area contributed by atoms with E-state index in [1.54, 1.807) is 18.3 Å². The van der Waals surface area contributed by atoms with Gasteiger partial charge in [-0.25, -0.2) is 4.98 Å². The zero-order valence-corrected chi connectivity index (χ0v) is 9.79. The summed E-state index contributed by atoms with van der Waals surface area (Å²) in [6.45, 7) is 3.66. The van der Waals surface area contributed by atoms with Gasteiger partial charge in [-0.3, -0.25) is 4.79 Å². The minimum atomic E-state index is -0.0156. The minimum Gasteiger partial charge on any atom is -0.316 e. The van der Waals surface area contributed by atoms with Gasteiger partial charge in [0.25, 0.3) is 0 Å². The molecule has 16 heavy (non-hydrogen) atoms. The van der Waals surface area contributed by atoms with E-state index in [-0.39, 0.29) is 11.8 Å². The first kappa shape index (κ1) is 11.4. The number of nitrogens with one attached hydrogen (secondary N) is 2. The number of halogens is 1. The number of rotatable bonds is 2. The van der Waals surface area contributed by atoms with Crippen LogP contribution >= 0.6 is 11.6 Å². The van der Waals surface area contributed by atoms with Gasteiger partial charge in [0.1, 0.15) is 0 Å². The van der Waals surface area contributed by atoms with Crippen molar-refractivity contribution in [3.63, 3.8) is 0 Å². The van der Waals surface area contributed by atoms with Crippen LogP contribution in [-0.4, -0.2) is 24.0 Å². The maximum absolute atomic E-state index is 11.9. The third kappa shape index (κ3) is 2.33. The van der Waals surface area contributed by atoms with Crippen LogP contribution in [-0.2, 0) is 4.79 Å². The Morgan fingerprint density at radius 2 is 2.44 bits per heavy atom. The number of pyridine rings is 1. The molecule has 86 valence electrons. The van der Waals surface area contributed by atoms with Gasteiger partial charge in [0.15, 0.2) is 5.82 Å². The summed E-state index contributed by atoms with van der Waals surface area (Å²) in [6.07, 6.45) is 1.61. The lowest BCUT2D eigenvalue weighted by Gasteiger charge is -2.14. The van der Waals surface area contributed by atoms with Crippen LogP contribution in [0.3, 0.4) is 0 Å². The molecule has 0 saturated carbocycles. The van der Waals surface area contributed by atoms with Crippen molar-refractivity contribution >= 4 is 23.3 Å². The number of carbonyl (C=O) groups excluding carboxylic acids is 1. The summed E-state index contributed by atoms with van der Waals surface area (Å²) in [4.78, 5) is 16.0. The Morgan fingerprint density at radius 3 is 3.06 bits per heavy atom. The first-order valence-corrected chi connectivity index (χ1v) is 5.68. The summed E-state index contributed by atoms with van der Waals surface area (Å²) in [5, 5.41) is 6.42. The lowest BCUT2D eigenvalue weighted by Crippen LogP contribution is -2.28. The maximum atomic E-state index is 11.9. The van der Waals surface area contributed by atoms with E-state index in [0.717, 1.165) is 13.1 Å². The lowest BCUT2D eigenvalue weighted by molar-refractivity contribution is -0.120. The molecule has 5 heteroatoms. The van der Waals surface area contributed by atoms with Crippen LogP contribution in [0.5, 0.6) is 0 Å². The fourth-order valence-corrected chi connectivity index (χ4v) is 2.02. The average Bonchev–Trinajstić information content (AvgIpc) is 2.68. The van der Waals surface area contributed by atoms with Crippen molar-refractivity contribution in [3.8, 4) is 0 Å². The van der Waals surface area contributed by atoms with Crippen molar-refractivity contribution in [2.24, 2.45) is 11.8 Å². The molecule has 1 amide bonds. The van der Waals surface area contributed by atoms with Crippen molar-refractivity contribution in [1.29, 1.82) is 0 Å². The molecule has 1 aliphatic rings. The Balaban J connectivity index is 2.05. The predicted octanol–water partition coefficient (Wildman–Crippen LogP) is 1.53. The topological polar surface area (TPSA) is 54.0 Å². The summed E-state index contributed by atoms with van der Waals surface area (Å²) in [6, 6.07) is 3.44. The number of anilines is 1. The fraction of sp³-hybridized carbons (Fsp3) is 0.455. The average molecular weight is 240 g/mol. The molecule has 2 rings (SSSR count). The van der Waals surface area contributed by atoms with E-state index in [4.69, 9.17) is 11.6 Å². The van der Waals surface area contributed by atoms with Crippen molar-refractivity contribution in [2.75, 3.05) is 18.4 Å². The van der Waals surface area contributed by atoms with Crippen LogP contribution in [0.25, 0.3) is 0 Å². The molecule has 0 radical (unpaired) electrons. The summed E-state index contributed by atoms with van der Waals surface area (Å²) < 4.78 is 0. The molecule has 0 aliphatic carbocycles. The molecule has 0 bridgehead atoms. The van der Waals surface area contributed by atoms with Crippen LogP contribution in [0.1, 0.15) is 6.92 Å². The molecule has 0 spiro atoms. The van der Waals surface area contributed by atoms with E-state index in [1.165, 1.54) is 0 Å². The largest absolute Gasteiger partial charge is 0.316 e. The Labute approximate surface area is 99.4 Å². The van der Waals surface area contributed by atoms with E-state index < -0.39 is 0 Å². The van der Waals surface area contributed by atoms with Crippen LogP contribution < -0.4 is 10.6 Å². The molecule has 1 aromatic heterocycles. The van der Waals surface area contributed by atoms with E-state index in [9.17, 15) is 4.79 Å². The third-order valence-corrected chi connectivity index (χ3v) is 3.16. The van der Waals surface area contributed by atoms with Crippen LogP contribution in [0.4, 0.5) is 5.82 Å². The van der Waals surface area contributed by atoms with Crippen molar-refractivity contribution in [1.82, 2.24) is 10.3 Å². The van der Waals surface area contributed by atoms with E-state index >= 15 is 0 Å². The van der Waals surface area contributed by atoms with Crippen molar-refractivity contribution in [2.45, 2.75) is 6.92 Å². The second-order valence-electron chi connectivity index (χ2n) is 4.07. The molecule has 1 saturated heterocycles. The monoisotopic (exact) mass is 239 g/mol. The molecule has 1 fully saturated rings. The number of nitrogens with zero attached hydrogens (tertiary/aromatic N) is 1. The normalized spacial score (nSPS) is 24.4. The van der Waals surface area contributed by atoms with E-state index in [0.29, 0.717) is 16.8 Å².